The van der Waals surface area contributed by atoms with Crippen LogP contribution < -0.4 is 5.73 Å². The summed E-state index contributed by atoms with van der Waals surface area (Å²) < 4.78 is 68.6. The maximum absolute atomic E-state index is 10.6. The van der Waals surface area contributed by atoms with Gasteiger partial charge in [0.1, 0.15) is 0 Å². The van der Waals surface area contributed by atoms with Crippen LogP contribution in [-0.2, 0) is 14.3 Å². The van der Waals surface area contributed by atoms with E-state index in [0.717, 1.165) is 31.7 Å². The summed E-state index contributed by atoms with van der Waals surface area (Å²) in [6.45, 7) is 5.24. The normalized spacial score (nSPS) is 19.3. The van der Waals surface area contributed by atoms with E-state index in [2.05, 4.69) is 4.90 Å². The molecular weight excluding hydrogens is 378 g/mol. The average Bonchev–Trinajstić information content (AvgIpc) is 2.45. The number of ether oxygens (including phenoxy) is 1. The first-order valence-corrected chi connectivity index (χ1v) is 7.41. The third-order valence-corrected chi connectivity index (χ3v) is 3.60. The molecule has 0 saturated carbocycles. The van der Waals surface area contributed by atoms with E-state index in [4.69, 9.17) is 30.3 Å². The topological polar surface area (TPSA) is 113 Å². The molecule has 7 nitrogen and oxygen atoms in total. The Bertz CT molecular complexity index is 421. The number of nitrogens with two attached hydrogens (primary N) is 1. The van der Waals surface area contributed by atoms with Crippen molar-refractivity contribution in [1.29, 1.82) is 0 Å². The molecule has 0 aromatic heterocycles. The number of carboxylic acid groups (broad SMARTS) is 2. The molecule has 154 valence electrons. The Labute approximate surface area is 144 Å². The lowest BCUT2D eigenvalue weighted by Gasteiger charge is -2.41. The molecule has 2 saturated heterocycles. The van der Waals surface area contributed by atoms with Crippen molar-refractivity contribution in [2.45, 2.75) is 31.2 Å². The molecule has 2 heterocycles. The molecule has 2 aliphatic heterocycles. The van der Waals surface area contributed by atoms with E-state index in [9.17, 15) is 26.3 Å². The van der Waals surface area contributed by atoms with Crippen LogP contribution in [0.3, 0.4) is 0 Å². The maximum Gasteiger partial charge on any atom is 0.490 e. The Hall–Kier alpha value is -1.60. The fourth-order valence-electron chi connectivity index (χ4n) is 1.99. The predicted molar refractivity (Wildman–Crippen MR) is 75.3 cm³/mol. The molecule has 13 heteroatoms. The summed E-state index contributed by atoms with van der Waals surface area (Å²) >= 11 is 0. The fourth-order valence-corrected chi connectivity index (χ4v) is 1.99. The van der Waals surface area contributed by atoms with Crippen LogP contribution in [0.5, 0.6) is 0 Å². The van der Waals surface area contributed by atoms with Gasteiger partial charge in [-0.05, 0) is 38.4 Å². The number of carbonyl (C=O) groups is 2. The zero-order valence-corrected chi connectivity index (χ0v) is 13.5. The van der Waals surface area contributed by atoms with Crippen LogP contribution in [0.25, 0.3) is 0 Å². The lowest BCUT2D eigenvalue weighted by atomic mass is 9.96. The van der Waals surface area contributed by atoms with Gasteiger partial charge in [-0.15, -0.1) is 0 Å². The lowest BCUT2D eigenvalue weighted by molar-refractivity contribution is -0.193. The van der Waals surface area contributed by atoms with E-state index >= 15 is 0 Å². The van der Waals surface area contributed by atoms with Crippen molar-refractivity contribution in [3.8, 4) is 0 Å². The molecule has 2 aliphatic rings. The molecule has 0 unspecified atom stereocenters. The molecule has 0 radical (unpaired) electrons. The van der Waals surface area contributed by atoms with E-state index in [1.807, 2.05) is 0 Å². The Kier molecular flexibility index (Phi) is 9.88. The smallest absolute Gasteiger partial charge is 0.475 e. The number of halogens is 6. The monoisotopic (exact) mass is 398 g/mol. The van der Waals surface area contributed by atoms with Gasteiger partial charge >= 0.3 is 24.3 Å². The quantitative estimate of drug-likeness (QED) is 0.602. The van der Waals surface area contributed by atoms with Crippen molar-refractivity contribution < 1.29 is 50.9 Å². The molecule has 0 aromatic rings. The van der Waals surface area contributed by atoms with Crippen LogP contribution in [0.4, 0.5) is 26.3 Å². The summed E-state index contributed by atoms with van der Waals surface area (Å²) in [6.07, 6.45) is -7.60. The summed E-state index contributed by atoms with van der Waals surface area (Å²) in [5.41, 5.74) is 5.63. The molecule has 0 aromatic carbocycles. The van der Waals surface area contributed by atoms with Gasteiger partial charge in [0.25, 0.3) is 0 Å². The highest BCUT2D eigenvalue weighted by atomic mass is 19.4. The summed E-state index contributed by atoms with van der Waals surface area (Å²) in [4.78, 5) is 20.3. The zero-order chi connectivity index (χ0) is 20.5. The van der Waals surface area contributed by atoms with Crippen molar-refractivity contribution in [3.63, 3.8) is 0 Å². The maximum atomic E-state index is 10.6. The van der Waals surface area contributed by atoms with E-state index in [-0.39, 0.29) is 0 Å². The van der Waals surface area contributed by atoms with Crippen LogP contribution in [0, 0.1) is 5.92 Å². The van der Waals surface area contributed by atoms with Crippen molar-refractivity contribution in [1.82, 2.24) is 4.90 Å². The largest absolute Gasteiger partial charge is 0.490 e. The first-order valence-electron chi connectivity index (χ1n) is 7.41. The van der Waals surface area contributed by atoms with Gasteiger partial charge in [-0.3, -0.25) is 4.90 Å². The van der Waals surface area contributed by atoms with Gasteiger partial charge in [-0.25, -0.2) is 9.59 Å². The first-order chi connectivity index (χ1) is 11.8. The van der Waals surface area contributed by atoms with Crippen LogP contribution in [0.15, 0.2) is 0 Å². The summed E-state index contributed by atoms with van der Waals surface area (Å²) in [7, 11) is 0. The summed E-state index contributed by atoms with van der Waals surface area (Å²) in [6, 6.07) is 0.726. The van der Waals surface area contributed by atoms with Gasteiger partial charge in [0.2, 0.25) is 0 Å². The van der Waals surface area contributed by atoms with Crippen LogP contribution in [-0.4, -0.2) is 78.3 Å². The highest BCUT2D eigenvalue weighted by molar-refractivity contribution is 5.73. The van der Waals surface area contributed by atoms with Crippen LogP contribution >= 0.6 is 0 Å². The summed E-state index contributed by atoms with van der Waals surface area (Å²) in [5.74, 6) is -4.73. The number of rotatable bonds is 2. The fraction of sp³-hybridized carbons (Fsp3) is 0.846. The molecule has 26 heavy (non-hydrogen) atoms. The molecule has 0 bridgehead atoms. The van der Waals surface area contributed by atoms with Gasteiger partial charge in [0.05, 0.1) is 19.3 Å². The van der Waals surface area contributed by atoms with Crippen molar-refractivity contribution in [2.75, 3.05) is 32.8 Å². The number of likely N-dealkylation sites (tertiary alicyclic amines) is 1. The van der Waals surface area contributed by atoms with Crippen LogP contribution in [0.1, 0.15) is 12.8 Å². The molecule has 4 N–H and O–H groups in total. The SMILES string of the molecule is NCC1CCN(C2COC2)CC1.O=C(O)C(F)(F)F.O=C(O)C(F)(F)F. The van der Waals surface area contributed by atoms with Gasteiger partial charge in [0.15, 0.2) is 0 Å². The highest BCUT2D eigenvalue weighted by Crippen LogP contribution is 2.20. The Morgan fingerprint density at radius 1 is 0.962 bits per heavy atom. The first kappa shape index (κ1) is 24.4. The minimum Gasteiger partial charge on any atom is -0.475 e. The third-order valence-electron chi connectivity index (χ3n) is 3.60. The molecular formula is C13H20F6N2O5. The molecule has 0 aliphatic carbocycles. The molecule has 2 rings (SSSR count). The number of hydrogen-bond acceptors (Lipinski definition) is 5. The number of carboxylic acids is 2. The molecule has 0 atom stereocenters. The average molecular weight is 398 g/mol. The second-order valence-corrected chi connectivity index (χ2v) is 5.51. The minimum absolute atomic E-state index is 0.726. The van der Waals surface area contributed by atoms with Crippen molar-refractivity contribution in [2.24, 2.45) is 11.7 Å². The molecule has 2 fully saturated rings. The van der Waals surface area contributed by atoms with Gasteiger partial charge in [-0.1, -0.05) is 0 Å². The Morgan fingerprint density at radius 3 is 1.50 bits per heavy atom. The number of hydrogen-bond donors (Lipinski definition) is 3. The van der Waals surface area contributed by atoms with E-state index < -0.39 is 24.3 Å². The number of aliphatic carboxylic acids is 2. The van der Waals surface area contributed by atoms with Gasteiger partial charge in [-0.2, -0.15) is 26.3 Å². The molecule has 0 amide bonds. The number of nitrogens with zero attached hydrogens (tertiary/aromatic N) is 1. The van der Waals surface area contributed by atoms with Crippen LogP contribution in [0.2, 0.25) is 0 Å². The zero-order valence-electron chi connectivity index (χ0n) is 13.5. The van der Waals surface area contributed by atoms with Crippen molar-refractivity contribution in [3.05, 3.63) is 0 Å². The minimum atomic E-state index is -5.08. The summed E-state index contributed by atoms with van der Waals surface area (Å²) in [5, 5.41) is 14.2. The van der Waals surface area contributed by atoms with Crippen molar-refractivity contribution >= 4 is 11.9 Å². The standard InChI is InChI=1S/C9H18N2O.2C2HF3O2/c10-5-8-1-3-11(4-2-8)9-6-12-7-9;2*3-2(4,5)1(6)7/h8-9H,1-7,10H2;2*(H,6,7). The second-order valence-electron chi connectivity index (χ2n) is 5.51. The Balaban J connectivity index is 0.000000390. The van der Waals surface area contributed by atoms with E-state index in [0.29, 0.717) is 0 Å². The van der Waals surface area contributed by atoms with Gasteiger partial charge < -0.3 is 20.7 Å². The number of alkyl halides is 6. The third kappa shape index (κ3) is 9.77. The number of piperidine rings is 1. The van der Waals surface area contributed by atoms with E-state index in [1.54, 1.807) is 0 Å². The van der Waals surface area contributed by atoms with Gasteiger partial charge in [0, 0.05) is 0 Å². The highest BCUT2D eigenvalue weighted by Gasteiger charge is 2.38. The Morgan fingerprint density at radius 2 is 1.31 bits per heavy atom. The molecule has 0 spiro atoms. The van der Waals surface area contributed by atoms with E-state index in [1.165, 1.54) is 25.9 Å². The predicted octanol–water partition coefficient (Wildman–Crippen LogP) is 1.32. The second kappa shape index (κ2) is 10.5. The lowest BCUT2D eigenvalue weighted by Crippen LogP contribution is -2.52.